The molecule has 0 bridgehead atoms. The number of aromatic nitrogens is 1. The Balaban J connectivity index is 2.18. The summed E-state index contributed by atoms with van der Waals surface area (Å²) in [6.07, 6.45) is 0. The van der Waals surface area contributed by atoms with Gasteiger partial charge in [-0.3, -0.25) is 0 Å². The monoisotopic (exact) mass is 268 g/mol. The van der Waals surface area contributed by atoms with Gasteiger partial charge in [-0.05, 0) is 44.2 Å². The van der Waals surface area contributed by atoms with E-state index in [-0.39, 0.29) is 0 Å². The molecule has 0 atom stereocenters. The molecule has 2 aromatic carbocycles. The fourth-order valence-corrected chi connectivity index (χ4v) is 2.18. The van der Waals surface area contributed by atoms with E-state index in [2.05, 4.69) is 4.98 Å². The van der Waals surface area contributed by atoms with Crippen LogP contribution in [-0.4, -0.2) is 10.1 Å². The van der Waals surface area contributed by atoms with Crippen LogP contribution in [0.4, 0.5) is 5.69 Å². The van der Waals surface area contributed by atoms with Gasteiger partial charge in [0.15, 0.2) is 5.58 Å². The predicted octanol–water partition coefficient (Wildman–Crippen LogP) is 3.30. The van der Waals surface area contributed by atoms with Crippen LogP contribution in [0.3, 0.4) is 0 Å². The third kappa shape index (κ3) is 2.14. The van der Waals surface area contributed by atoms with E-state index in [1.807, 2.05) is 30.3 Å². The Morgan fingerprint density at radius 3 is 2.45 bits per heavy atom. The molecule has 1 heterocycles. The van der Waals surface area contributed by atoms with Crippen LogP contribution in [0.5, 0.6) is 0 Å². The number of oxazole rings is 1. The number of fused-ring (bicyclic) bond motifs is 1. The summed E-state index contributed by atoms with van der Waals surface area (Å²) in [5, 5.41) is 10.2. The van der Waals surface area contributed by atoms with E-state index in [1.165, 1.54) is 0 Å². The quantitative estimate of drug-likeness (QED) is 0.699. The van der Waals surface area contributed by atoms with Crippen molar-refractivity contribution in [2.75, 3.05) is 5.73 Å². The number of rotatable bonds is 2. The lowest BCUT2D eigenvalue weighted by molar-refractivity contribution is 0.0792. The van der Waals surface area contributed by atoms with Crippen LogP contribution < -0.4 is 5.73 Å². The number of para-hydroxylation sites is 1. The zero-order valence-corrected chi connectivity index (χ0v) is 11.4. The smallest absolute Gasteiger partial charge is 0.227 e. The maximum absolute atomic E-state index is 10.2. The predicted molar refractivity (Wildman–Crippen MR) is 79.1 cm³/mol. The van der Waals surface area contributed by atoms with Crippen molar-refractivity contribution in [1.29, 1.82) is 0 Å². The first kappa shape index (κ1) is 12.7. The third-order valence-electron chi connectivity index (χ3n) is 3.23. The molecule has 0 aliphatic heterocycles. The largest absolute Gasteiger partial charge is 0.436 e. The van der Waals surface area contributed by atoms with Gasteiger partial charge < -0.3 is 15.3 Å². The number of benzene rings is 2. The molecule has 1 aromatic heterocycles. The minimum atomic E-state index is -0.975. The lowest BCUT2D eigenvalue weighted by Crippen LogP contribution is -2.15. The Bertz CT molecular complexity index is 752. The molecule has 4 nitrogen and oxygen atoms in total. The fraction of sp³-hybridized carbons (Fsp3) is 0.188. The summed E-state index contributed by atoms with van der Waals surface area (Å²) < 4.78 is 5.84. The summed E-state index contributed by atoms with van der Waals surface area (Å²) >= 11 is 0. The second-order valence-corrected chi connectivity index (χ2v) is 5.35. The van der Waals surface area contributed by atoms with Crippen molar-refractivity contribution < 1.29 is 9.52 Å². The minimum Gasteiger partial charge on any atom is -0.436 e. The van der Waals surface area contributed by atoms with Crippen LogP contribution in [0.15, 0.2) is 46.9 Å². The molecular weight excluding hydrogens is 252 g/mol. The van der Waals surface area contributed by atoms with Crippen molar-refractivity contribution in [3.63, 3.8) is 0 Å². The lowest BCUT2D eigenvalue weighted by atomic mass is 9.98. The molecule has 0 aliphatic carbocycles. The summed E-state index contributed by atoms with van der Waals surface area (Å²) in [6, 6.07) is 12.9. The summed E-state index contributed by atoms with van der Waals surface area (Å²) in [4.78, 5) is 4.47. The van der Waals surface area contributed by atoms with E-state index < -0.39 is 5.60 Å². The number of hydrogen-bond acceptors (Lipinski definition) is 4. The van der Waals surface area contributed by atoms with Crippen LogP contribution in [0, 0.1) is 0 Å². The molecule has 0 spiro atoms. The maximum Gasteiger partial charge on any atom is 0.227 e. The van der Waals surface area contributed by atoms with Crippen LogP contribution in [0.1, 0.15) is 19.4 Å². The summed E-state index contributed by atoms with van der Waals surface area (Å²) in [7, 11) is 0. The first-order valence-corrected chi connectivity index (χ1v) is 6.43. The van der Waals surface area contributed by atoms with Gasteiger partial charge in [0.2, 0.25) is 5.89 Å². The molecule has 0 fully saturated rings. The normalized spacial score (nSPS) is 11.9. The number of nitrogens with zero attached hydrogens (tertiary/aromatic N) is 1. The molecule has 20 heavy (non-hydrogen) atoms. The van der Waals surface area contributed by atoms with Gasteiger partial charge in [-0.15, -0.1) is 0 Å². The first-order valence-electron chi connectivity index (χ1n) is 6.43. The van der Waals surface area contributed by atoms with Gasteiger partial charge in [0.05, 0.1) is 5.60 Å². The Kier molecular flexibility index (Phi) is 2.76. The van der Waals surface area contributed by atoms with Gasteiger partial charge in [-0.25, -0.2) is 4.98 Å². The van der Waals surface area contributed by atoms with Crippen molar-refractivity contribution in [1.82, 2.24) is 4.98 Å². The minimum absolute atomic E-state index is 0.525. The van der Waals surface area contributed by atoms with E-state index in [0.29, 0.717) is 17.2 Å². The van der Waals surface area contributed by atoms with E-state index in [4.69, 9.17) is 10.2 Å². The molecular formula is C16H16N2O2. The third-order valence-corrected chi connectivity index (χ3v) is 3.23. The molecule has 0 aliphatic rings. The van der Waals surface area contributed by atoms with Crippen LogP contribution in [0.25, 0.3) is 22.6 Å². The molecule has 102 valence electrons. The van der Waals surface area contributed by atoms with E-state index in [0.717, 1.165) is 16.6 Å². The molecule has 0 radical (unpaired) electrons. The second-order valence-electron chi connectivity index (χ2n) is 5.35. The highest BCUT2D eigenvalue weighted by Gasteiger charge is 2.22. The lowest BCUT2D eigenvalue weighted by Gasteiger charge is -2.17. The Labute approximate surface area is 116 Å². The van der Waals surface area contributed by atoms with Crippen LogP contribution in [-0.2, 0) is 5.60 Å². The molecule has 3 rings (SSSR count). The van der Waals surface area contributed by atoms with Crippen LogP contribution in [0.2, 0.25) is 0 Å². The van der Waals surface area contributed by atoms with Crippen molar-refractivity contribution in [3.8, 4) is 11.5 Å². The number of nitrogen functional groups attached to an aromatic ring is 1. The molecule has 3 N–H and O–H groups in total. The molecule has 0 amide bonds. The average molecular weight is 268 g/mol. The summed E-state index contributed by atoms with van der Waals surface area (Å²) in [5.74, 6) is 0.525. The summed E-state index contributed by atoms with van der Waals surface area (Å²) in [6.45, 7) is 3.46. The number of hydrogen-bond donors (Lipinski definition) is 2. The van der Waals surface area contributed by atoms with Gasteiger partial charge in [-0.1, -0.05) is 12.1 Å². The average Bonchev–Trinajstić information content (AvgIpc) is 2.81. The SMILES string of the molecule is CC(C)(O)c1cccc2nc(-c3ccc(N)cc3)oc12. The Morgan fingerprint density at radius 1 is 1.10 bits per heavy atom. The number of nitrogens with two attached hydrogens (primary N) is 1. The van der Waals surface area contributed by atoms with Gasteiger partial charge >= 0.3 is 0 Å². The van der Waals surface area contributed by atoms with E-state index in [9.17, 15) is 5.11 Å². The van der Waals surface area contributed by atoms with Gasteiger partial charge in [0.25, 0.3) is 0 Å². The second kappa shape index (κ2) is 4.35. The van der Waals surface area contributed by atoms with Gasteiger partial charge in [0, 0.05) is 16.8 Å². The van der Waals surface area contributed by atoms with E-state index in [1.54, 1.807) is 26.0 Å². The highest BCUT2D eigenvalue weighted by atomic mass is 16.4. The number of anilines is 1. The Morgan fingerprint density at radius 2 is 1.80 bits per heavy atom. The van der Waals surface area contributed by atoms with Gasteiger partial charge in [-0.2, -0.15) is 0 Å². The standard InChI is InChI=1S/C16H16N2O2/c1-16(2,19)12-4-3-5-13-14(12)20-15(18-13)10-6-8-11(17)9-7-10/h3-9,19H,17H2,1-2H3. The molecule has 4 heteroatoms. The van der Waals surface area contributed by atoms with Crippen molar-refractivity contribution >= 4 is 16.8 Å². The molecule has 3 aromatic rings. The van der Waals surface area contributed by atoms with E-state index >= 15 is 0 Å². The highest BCUT2D eigenvalue weighted by Crippen LogP contribution is 2.32. The maximum atomic E-state index is 10.2. The number of aliphatic hydroxyl groups is 1. The fourth-order valence-electron chi connectivity index (χ4n) is 2.18. The topological polar surface area (TPSA) is 72.3 Å². The summed E-state index contributed by atoms with van der Waals surface area (Å²) in [5.41, 5.74) is 8.33. The zero-order chi connectivity index (χ0) is 14.3. The zero-order valence-electron chi connectivity index (χ0n) is 11.4. The van der Waals surface area contributed by atoms with Crippen LogP contribution >= 0.6 is 0 Å². The Hall–Kier alpha value is -2.33. The van der Waals surface area contributed by atoms with Gasteiger partial charge in [0.1, 0.15) is 5.52 Å². The first-order chi connectivity index (χ1) is 9.45. The molecule has 0 saturated carbocycles. The van der Waals surface area contributed by atoms with Crippen molar-refractivity contribution in [2.24, 2.45) is 0 Å². The highest BCUT2D eigenvalue weighted by molar-refractivity contribution is 5.80. The molecule has 0 saturated heterocycles. The van der Waals surface area contributed by atoms with Crippen molar-refractivity contribution in [3.05, 3.63) is 48.0 Å². The van der Waals surface area contributed by atoms with Crippen molar-refractivity contribution in [2.45, 2.75) is 19.4 Å². The molecule has 0 unspecified atom stereocenters.